The van der Waals surface area contributed by atoms with Gasteiger partial charge in [0.05, 0.1) is 5.69 Å². The summed E-state index contributed by atoms with van der Waals surface area (Å²) in [5.41, 5.74) is 1.59. The van der Waals surface area contributed by atoms with Crippen LogP contribution in [0.4, 0.5) is 0 Å². The highest BCUT2D eigenvalue weighted by atomic mass is 16.2. The molecule has 0 N–H and O–H groups in total. The number of carbonyl (C=O) groups excluding carboxylic acids is 1. The van der Waals surface area contributed by atoms with Crippen molar-refractivity contribution in [3.8, 4) is 5.69 Å². The van der Waals surface area contributed by atoms with Gasteiger partial charge in [-0.25, -0.2) is 9.67 Å². The Kier molecular flexibility index (Phi) is 4.28. The molecule has 1 fully saturated rings. The van der Waals surface area contributed by atoms with Gasteiger partial charge in [-0.3, -0.25) is 4.79 Å². The average molecular weight is 284 g/mol. The molecule has 21 heavy (non-hydrogen) atoms. The summed E-state index contributed by atoms with van der Waals surface area (Å²) in [6, 6.07) is 7.59. The minimum absolute atomic E-state index is 0.124. The Morgan fingerprint density at radius 2 is 1.81 bits per heavy atom. The third-order valence-electron chi connectivity index (χ3n) is 3.92. The molecule has 1 aromatic carbocycles. The Morgan fingerprint density at radius 1 is 1.05 bits per heavy atom. The molecular formula is C16H20N4O. The predicted molar refractivity (Wildman–Crippen MR) is 80.3 cm³/mol. The molecule has 2 aromatic rings. The molecule has 0 atom stereocenters. The highest BCUT2D eigenvalue weighted by molar-refractivity contribution is 5.94. The molecule has 1 saturated heterocycles. The van der Waals surface area contributed by atoms with Gasteiger partial charge in [0.1, 0.15) is 12.7 Å². The first-order valence-corrected chi connectivity index (χ1v) is 7.59. The van der Waals surface area contributed by atoms with Crippen molar-refractivity contribution in [3.05, 3.63) is 42.5 Å². The number of nitrogens with zero attached hydrogens (tertiary/aromatic N) is 4. The summed E-state index contributed by atoms with van der Waals surface area (Å²) in [5, 5.41) is 4.11. The fourth-order valence-corrected chi connectivity index (χ4v) is 2.76. The fraction of sp³-hybridized carbons (Fsp3) is 0.438. The van der Waals surface area contributed by atoms with Gasteiger partial charge in [-0.05, 0) is 31.0 Å². The monoisotopic (exact) mass is 284 g/mol. The molecule has 0 saturated carbocycles. The smallest absolute Gasteiger partial charge is 0.253 e. The number of likely N-dealkylation sites (tertiary alicyclic amines) is 1. The van der Waals surface area contributed by atoms with E-state index < -0.39 is 0 Å². The lowest BCUT2D eigenvalue weighted by Gasteiger charge is -2.25. The van der Waals surface area contributed by atoms with E-state index in [4.69, 9.17) is 0 Å². The topological polar surface area (TPSA) is 51.0 Å². The summed E-state index contributed by atoms with van der Waals surface area (Å²) >= 11 is 0. The van der Waals surface area contributed by atoms with Gasteiger partial charge in [-0.15, -0.1) is 0 Å². The lowest BCUT2D eigenvalue weighted by atomic mass is 10.1. The molecule has 0 unspecified atom stereocenters. The minimum atomic E-state index is 0.124. The maximum atomic E-state index is 12.7. The van der Waals surface area contributed by atoms with Crippen molar-refractivity contribution in [2.24, 2.45) is 0 Å². The second-order valence-electron chi connectivity index (χ2n) is 5.45. The van der Waals surface area contributed by atoms with Crippen molar-refractivity contribution in [2.75, 3.05) is 13.1 Å². The largest absolute Gasteiger partial charge is 0.339 e. The van der Waals surface area contributed by atoms with Gasteiger partial charge < -0.3 is 4.90 Å². The summed E-state index contributed by atoms with van der Waals surface area (Å²) in [6.45, 7) is 1.73. The van der Waals surface area contributed by atoms with Crippen LogP contribution in [0.25, 0.3) is 5.69 Å². The van der Waals surface area contributed by atoms with Crippen molar-refractivity contribution in [2.45, 2.75) is 32.1 Å². The van der Waals surface area contributed by atoms with Crippen LogP contribution in [0.5, 0.6) is 0 Å². The molecule has 1 aliphatic heterocycles. The second kappa shape index (κ2) is 6.52. The number of rotatable bonds is 2. The second-order valence-corrected chi connectivity index (χ2v) is 5.45. The highest BCUT2D eigenvalue weighted by Crippen LogP contribution is 2.15. The van der Waals surface area contributed by atoms with Crippen molar-refractivity contribution < 1.29 is 4.79 Å². The Morgan fingerprint density at radius 3 is 2.52 bits per heavy atom. The average Bonchev–Trinajstić information content (AvgIpc) is 3.01. The highest BCUT2D eigenvalue weighted by Gasteiger charge is 2.17. The first-order valence-electron chi connectivity index (χ1n) is 7.59. The lowest BCUT2D eigenvalue weighted by Crippen LogP contribution is -2.33. The maximum Gasteiger partial charge on any atom is 0.253 e. The van der Waals surface area contributed by atoms with Gasteiger partial charge in [0.15, 0.2) is 0 Å². The third kappa shape index (κ3) is 3.29. The molecule has 0 aliphatic carbocycles. The van der Waals surface area contributed by atoms with Crippen LogP contribution in [0.15, 0.2) is 36.9 Å². The Balaban J connectivity index is 1.79. The van der Waals surface area contributed by atoms with E-state index in [1.54, 1.807) is 11.0 Å². The lowest BCUT2D eigenvalue weighted by molar-refractivity contribution is 0.0742. The molecule has 1 aromatic heterocycles. The van der Waals surface area contributed by atoms with Gasteiger partial charge in [0, 0.05) is 18.7 Å². The van der Waals surface area contributed by atoms with Crippen LogP contribution in [0.1, 0.15) is 42.5 Å². The van der Waals surface area contributed by atoms with Crippen LogP contribution in [0.3, 0.4) is 0 Å². The van der Waals surface area contributed by atoms with Crippen LogP contribution in [-0.2, 0) is 0 Å². The van der Waals surface area contributed by atoms with E-state index in [-0.39, 0.29) is 5.91 Å². The number of hydrogen-bond acceptors (Lipinski definition) is 3. The minimum Gasteiger partial charge on any atom is -0.339 e. The van der Waals surface area contributed by atoms with E-state index in [1.807, 2.05) is 29.2 Å². The molecule has 5 heteroatoms. The molecule has 5 nitrogen and oxygen atoms in total. The van der Waals surface area contributed by atoms with Crippen molar-refractivity contribution in [1.29, 1.82) is 0 Å². The summed E-state index contributed by atoms with van der Waals surface area (Å²) in [7, 11) is 0. The van der Waals surface area contributed by atoms with E-state index in [1.165, 1.54) is 25.6 Å². The van der Waals surface area contributed by atoms with Crippen molar-refractivity contribution in [1.82, 2.24) is 19.7 Å². The molecule has 0 bridgehead atoms. The molecule has 1 aliphatic rings. The molecule has 0 radical (unpaired) electrons. The summed E-state index contributed by atoms with van der Waals surface area (Å²) in [4.78, 5) is 18.6. The normalized spacial score (nSPS) is 16.3. The van der Waals surface area contributed by atoms with Crippen LogP contribution in [0, 0.1) is 0 Å². The maximum absolute atomic E-state index is 12.7. The summed E-state index contributed by atoms with van der Waals surface area (Å²) in [6.07, 6.45) is 9.09. The summed E-state index contributed by atoms with van der Waals surface area (Å²) in [5.74, 6) is 0.124. The van der Waals surface area contributed by atoms with Crippen LogP contribution < -0.4 is 0 Å². The van der Waals surface area contributed by atoms with Gasteiger partial charge >= 0.3 is 0 Å². The number of benzene rings is 1. The Labute approximate surface area is 124 Å². The zero-order valence-electron chi connectivity index (χ0n) is 12.1. The molecule has 110 valence electrons. The third-order valence-corrected chi connectivity index (χ3v) is 3.92. The van der Waals surface area contributed by atoms with Crippen LogP contribution in [-0.4, -0.2) is 38.7 Å². The van der Waals surface area contributed by atoms with Crippen molar-refractivity contribution in [3.63, 3.8) is 0 Å². The Hall–Kier alpha value is -2.17. The number of amides is 1. The molecule has 3 rings (SSSR count). The van der Waals surface area contributed by atoms with E-state index in [0.29, 0.717) is 0 Å². The molecule has 2 heterocycles. The van der Waals surface area contributed by atoms with Crippen LogP contribution in [0.2, 0.25) is 0 Å². The number of carbonyl (C=O) groups is 1. The van der Waals surface area contributed by atoms with E-state index in [9.17, 15) is 4.79 Å². The standard InChI is InChI=1S/C16H20N4O/c21-16(19-9-4-2-1-3-5-10-19)14-7-6-8-15(11-14)20-13-17-12-18-20/h6-8,11-13H,1-5,9-10H2. The summed E-state index contributed by atoms with van der Waals surface area (Å²) < 4.78 is 1.67. The van der Waals surface area contributed by atoms with Gasteiger partial charge in [0.2, 0.25) is 0 Å². The molecule has 0 spiro atoms. The van der Waals surface area contributed by atoms with Crippen molar-refractivity contribution >= 4 is 5.91 Å². The first-order chi connectivity index (χ1) is 10.3. The molecule has 1 amide bonds. The number of hydrogen-bond donors (Lipinski definition) is 0. The SMILES string of the molecule is O=C(c1cccc(-n2cncn2)c1)N1CCCCCCC1. The first kappa shape index (κ1) is 13.8. The van der Waals surface area contributed by atoms with E-state index >= 15 is 0 Å². The zero-order valence-corrected chi connectivity index (χ0v) is 12.1. The van der Waals surface area contributed by atoms with Gasteiger partial charge in [0.25, 0.3) is 5.91 Å². The zero-order chi connectivity index (χ0) is 14.5. The van der Waals surface area contributed by atoms with Gasteiger partial charge in [-0.2, -0.15) is 5.10 Å². The predicted octanol–water partition coefficient (Wildman–Crippen LogP) is 2.67. The van der Waals surface area contributed by atoms with E-state index in [0.717, 1.165) is 37.2 Å². The molecular weight excluding hydrogens is 264 g/mol. The van der Waals surface area contributed by atoms with Gasteiger partial charge in [-0.1, -0.05) is 25.3 Å². The Bertz CT molecular complexity index is 586. The number of aromatic nitrogens is 3. The fourth-order valence-electron chi connectivity index (χ4n) is 2.76. The van der Waals surface area contributed by atoms with Crippen LogP contribution >= 0.6 is 0 Å². The van der Waals surface area contributed by atoms with E-state index in [2.05, 4.69) is 10.1 Å². The quantitative estimate of drug-likeness (QED) is 0.852.